The molecule has 3 amide bonds. The zero-order chi connectivity index (χ0) is 44.7. The number of halogens is 7. The number of ether oxygens (including phenoxy) is 1. The summed E-state index contributed by atoms with van der Waals surface area (Å²) in [7, 11) is 5.78. The molecule has 13 nitrogen and oxygen atoms in total. The summed E-state index contributed by atoms with van der Waals surface area (Å²) >= 11 is 6.42. The van der Waals surface area contributed by atoms with E-state index in [2.05, 4.69) is 40.3 Å². The van der Waals surface area contributed by atoms with Crippen molar-refractivity contribution >= 4 is 58.3 Å². The van der Waals surface area contributed by atoms with E-state index in [4.69, 9.17) is 36.1 Å². The van der Waals surface area contributed by atoms with Gasteiger partial charge in [0.1, 0.15) is 11.8 Å². The first-order chi connectivity index (χ1) is 28.3. The van der Waals surface area contributed by atoms with Crippen molar-refractivity contribution in [2.75, 3.05) is 70.3 Å². The second-order valence-electron chi connectivity index (χ2n) is 13.9. The molecule has 1 fully saturated rings. The van der Waals surface area contributed by atoms with Crippen molar-refractivity contribution < 1.29 is 60.5 Å². The van der Waals surface area contributed by atoms with E-state index in [9.17, 15) is 35.9 Å². The Hall–Kier alpha value is -5.69. The van der Waals surface area contributed by atoms with Crippen LogP contribution in [0.15, 0.2) is 72.9 Å². The maximum Gasteiger partial charge on any atom is 0.490 e. The molecule has 0 radical (unpaired) electrons. The number of nitrogens with zero attached hydrogens (tertiary/aromatic N) is 4. The molecule has 0 saturated carbocycles. The molecule has 0 spiro atoms. The van der Waals surface area contributed by atoms with Crippen molar-refractivity contribution in [1.82, 2.24) is 20.1 Å². The molecule has 3 atom stereocenters. The monoisotopic (exact) mass is 872 g/mol. The average Bonchev–Trinajstić information content (AvgIpc) is 3.63. The Balaban J connectivity index is 0.000000596. The van der Waals surface area contributed by atoms with Crippen LogP contribution in [-0.4, -0.2) is 129 Å². The van der Waals surface area contributed by atoms with Crippen LogP contribution in [0.1, 0.15) is 24.0 Å². The predicted octanol–water partition coefficient (Wildman–Crippen LogP) is 7.11. The maximum atomic E-state index is 14.8. The Bertz CT molecular complexity index is 2030. The van der Waals surface area contributed by atoms with E-state index in [0.717, 1.165) is 52.1 Å². The highest BCUT2D eigenvalue weighted by molar-refractivity contribution is 6.30. The molecular formula is C40H47ClF6N6O7. The molecule has 2 unspecified atom stereocenters. The summed E-state index contributed by atoms with van der Waals surface area (Å²) in [5.41, 5.74) is 4.92. The summed E-state index contributed by atoms with van der Waals surface area (Å²) in [5, 5.41) is 18.9. The molecule has 6 rings (SSSR count). The fourth-order valence-electron chi connectivity index (χ4n) is 7.04. The largest absolute Gasteiger partial charge is 0.495 e. The molecule has 1 saturated heterocycles. The highest BCUT2D eigenvalue weighted by Crippen LogP contribution is 2.35. The minimum Gasteiger partial charge on any atom is -0.495 e. The third-order valence-electron chi connectivity index (χ3n) is 9.56. The van der Waals surface area contributed by atoms with Gasteiger partial charge in [0.25, 0.3) is 6.47 Å². The summed E-state index contributed by atoms with van der Waals surface area (Å²) in [6.45, 7) is 1.90. The first-order valence-electron chi connectivity index (χ1n) is 18.4. The molecule has 3 aromatic carbocycles. The number of carbonyl (C=O) groups is 4. The Morgan fingerprint density at radius 3 is 2.17 bits per heavy atom. The second kappa shape index (κ2) is 22.6. The standard InChI is InChI=1S/C36H43ClN6O3.C2HF3O2.CHF3.CH2O2/c1-24(29-21-38-30-10-6-5-9-28(29)30)34(35(44)43-23-25(22-40(2)3)19-26-20-27(37)13-14-31(26)43)39-36(45)42-17-15-41(16-18-42)32-11-7-8-12-33(32)46-4;3-2(4,5)1(6)7;2-1(3)4;2-1-3/h5-14,20-21,24-25,34,38H,15-19,22-23H2,1-4H3,(H,39,45);(H,6,7);1H;1H,(H,2,3)/t24?,25-,34?;;;/m1.../s1. The number of nitrogens with one attached hydrogen (secondary N) is 2. The molecule has 20 heteroatoms. The molecule has 328 valence electrons. The number of H-pyrrole nitrogens is 1. The lowest BCUT2D eigenvalue weighted by atomic mass is 9.88. The fraction of sp³-hybridized carbons (Fsp3) is 0.400. The molecule has 2 aliphatic rings. The van der Waals surface area contributed by atoms with E-state index in [0.29, 0.717) is 37.7 Å². The number of benzene rings is 3. The molecule has 60 heavy (non-hydrogen) atoms. The summed E-state index contributed by atoms with van der Waals surface area (Å²) < 4.78 is 66.3. The van der Waals surface area contributed by atoms with Gasteiger partial charge in [-0.3, -0.25) is 9.59 Å². The van der Waals surface area contributed by atoms with Gasteiger partial charge in [-0.05, 0) is 74.0 Å². The SMILES string of the molecule is COc1ccccc1N1CCN(C(=O)NC(C(=O)N2C[C@@H](CN(C)C)Cc3cc(Cl)ccc32)C(C)c2c[nH]c3ccccc23)CC1.FC(F)F.O=C(O)C(F)(F)F.O=CO. The van der Waals surface area contributed by atoms with E-state index in [1.807, 2.05) is 83.6 Å². The average molecular weight is 873 g/mol. The van der Waals surface area contributed by atoms with Crippen LogP contribution in [0.5, 0.6) is 5.75 Å². The smallest absolute Gasteiger partial charge is 0.490 e. The number of carboxylic acids is 1. The number of hydrogen-bond donors (Lipinski definition) is 4. The van der Waals surface area contributed by atoms with Gasteiger partial charge in [0.05, 0.1) is 12.8 Å². The summed E-state index contributed by atoms with van der Waals surface area (Å²) in [5.74, 6) is -2.13. The van der Waals surface area contributed by atoms with E-state index >= 15 is 0 Å². The summed E-state index contributed by atoms with van der Waals surface area (Å²) in [6, 6.07) is 20.7. The number of anilines is 2. The molecule has 3 heterocycles. The zero-order valence-electron chi connectivity index (χ0n) is 33.1. The lowest BCUT2D eigenvalue weighted by molar-refractivity contribution is -0.192. The van der Waals surface area contributed by atoms with E-state index < -0.39 is 24.9 Å². The summed E-state index contributed by atoms with van der Waals surface area (Å²) in [6.07, 6.45) is -2.28. The fourth-order valence-corrected chi connectivity index (χ4v) is 7.24. The van der Waals surface area contributed by atoms with E-state index in [1.165, 1.54) is 0 Å². The van der Waals surface area contributed by atoms with Crippen molar-refractivity contribution in [3.63, 3.8) is 0 Å². The van der Waals surface area contributed by atoms with Gasteiger partial charge in [0.2, 0.25) is 5.91 Å². The molecule has 1 aromatic heterocycles. The highest BCUT2D eigenvalue weighted by Gasteiger charge is 2.39. The Morgan fingerprint density at radius 2 is 1.58 bits per heavy atom. The molecule has 0 bridgehead atoms. The number of piperazine rings is 1. The normalized spacial score (nSPS) is 15.9. The van der Waals surface area contributed by atoms with Gasteiger partial charge < -0.3 is 44.9 Å². The zero-order valence-corrected chi connectivity index (χ0v) is 33.9. The van der Waals surface area contributed by atoms with Crippen LogP contribution < -0.4 is 19.9 Å². The topological polar surface area (TPSA) is 159 Å². The quantitative estimate of drug-likeness (QED) is 0.107. The van der Waals surface area contributed by atoms with Gasteiger partial charge in [-0.1, -0.05) is 48.9 Å². The van der Waals surface area contributed by atoms with Crippen molar-refractivity contribution in [3.05, 3.63) is 89.1 Å². The van der Waals surface area contributed by atoms with Gasteiger partial charge in [-0.15, -0.1) is 0 Å². The van der Waals surface area contributed by atoms with Crippen molar-refractivity contribution in [1.29, 1.82) is 0 Å². The Kier molecular flexibility index (Phi) is 18.3. The third-order valence-corrected chi connectivity index (χ3v) is 9.80. The summed E-state index contributed by atoms with van der Waals surface area (Å²) in [4.78, 5) is 57.4. The van der Waals surface area contributed by atoms with Gasteiger partial charge in [0, 0.05) is 73.0 Å². The van der Waals surface area contributed by atoms with Crippen LogP contribution in [-0.2, 0) is 20.8 Å². The number of fused-ring (bicyclic) bond motifs is 2. The van der Waals surface area contributed by atoms with Gasteiger partial charge >= 0.3 is 24.9 Å². The number of amides is 3. The van der Waals surface area contributed by atoms with Crippen LogP contribution in [0.2, 0.25) is 5.02 Å². The lowest BCUT2D eigenvalue weighted by Gasteiger charge is -2.40. The number of methoxy groups -OCH3 is 1. The predicted molar refractivity (Wildman–Crippen MR) is 215 cm³/mol. The number of para-hydroxylation sites is 3. The Morgan fingerprint density at radius 1 is 1.00 bits per heavy atom. The Labute approximate surface area is 347 Å². The number of hydrogen-bond acceptors (Lipinski definition) is 7. The first-order valence-corrected chi connectivity index (χ1v) is 18.7. The number of urea groups is 1. The van der Waals surface area contributed by atoms with Crippen LogP contribution in [0.4, 0.5) is 42.5 Å². The molecule has 4 N–H and O–H groups in total. The second-order valence-corrected chi connectivity index (χ2v) is 14.3. The van der Waals surface area contributed by atoms with Gasteiger partial charge in [-0.25, -0.2) is 9.59 Å². The van der Waals surface area contributed by atoms with Crippen molar-refractivity contribution in [3.8, 4) is 5.75 Å². The van der Waals surface area contributed by atoms with Crippen LogP contribution in [0.25, 0.3) is 10.9 Å². The maximum absolute atomic E-state index is 14.8. The minimum absolute atomic E-state index is 0.120. The number of aromatic amines is 1. The van der Waals surface area contributed by atoms with Crippen LogP contribution in [0.3, 0.4) is 0 Å². The van der Waals surface area contributed by atoms with E-state index in [1.54, 1.807) is 7.11 Å². The number of rotatable bonds is 8. The molecule has 0 aliphatic carbocycles. The number of carbonyl (C=O) groups excluding carboxylic acids is 2. The minimum atomic E-state index is -5.08. The van der Waals surface area contributed by atoms with Gasteiger partial charge in [0.15, 0.2) is 0 Å². The number of aromatic nitrogens is 1. The van der Waals surface area contributed by atoms with Crippen molar-refractivity contribution in [2.24, 2.45) is 5.92 Å². The third kappa shape index (κ3) is 13.7. The van der Waals surface area contributed by atoms with Crippen LogP contribution >= 0.6 is 11.6 Å². The first kappa shape index (κ1) is 48.7. The van der Waals surface area contributed by atoms with E-state index in [-0.39, 0.29) is 30.2 Å². The van der Waals surface area contributed by atoms with Crippen LogP contribution in [0, 0.1) is 5.92 Å². The lowest BCUT2D eigenvalue weighted by Crippen LogP contribution is -2.58. The molecule has 2 aliphatic heterocycles. The highest BCUT2D eigenvalue weighted by atomic mass is 35.5. The van der Waals surface area contributed by atoms with Crippen molar-refractivity contribution in [2.45, 2.75) is 38.2 Å². The number of alkyl halides is 6. The molecular weight excluding hydrogens is 826 g/mol. The number of carboxylic acid groups (broad SMARTS) is 2. The number of aliphatic carboxylic acids is 1. The van der Waals surface area contributed by atoms with Gasteiger partial charge in [-0.2, -0.15) is 26.3 Å². The molecule has 4 aromatic rings.